The van der Waals surface area contributed by atoms with Gasteiger partial charge < -0.3 is 15.3 Å². The Morgan fingerprint density at radius 1 is 1.47 bits per heavy atom. The number of aliphatic hydroxyl groups is 1. The van der Waals surface area contributed by atoms with Gasteiger partial charge in [-0.05, 0) is 6.07 Å². The second-order valence-electron chi connectivity index (χ2n) is 2.66. The van der Waals surface area contributed by atoms with Crippen LogP contribution >= 0.6 is 11.6 Å². The van der Waals surface area contributed by atoms with Crippen LogP contribution in [-0.4, -0.2) is 21.3 Å². The minimum absolute atomic E-state index is 0.476. The van der Waals surface area contributed by atoms with E-state index in [1.165, 1.54) is 0 Å². The number of rotatable bonds is 2. The first-order chi connectivity index (χ1) is 6.86. The highest BCUT2D eigenvalue weighted by Gasteiger charge is 2.27. The molecule has 15 heavy (non-hydrogen) atoms. The zero-order valence-electron chi connectivity index (χ0n) is 7.04. The van der Waals surface area contributed by atoms with Gasteiger partial charge >= 0.3 is 5.97 Å². The molecule has 0 saturated heterocycles. The molecule has 4 nitrogen and oxygen atoms in total. The fraction of sp³-hybridized carbons (Fsp3) is 0.125. The first-order valence-electron chi connectivity index (χ1n) is 3.63. The second kappa shape index (κ2) is 4.00. The number of carbonyl (C=O) groups is 1. The lowest BCUT2D eigenvalue weighted by atomic mass is 10.1. The van der Waals surface area contributed by atoms with Gasteiger partial charge in [-0.25, -0.2) is 13.6 Å². The van der Waals surface area contributed by atoms with Crippen molar-refractivity contribution in [3.05, 3.63) is 28.3 Å². The van der Waals surface area contributed by atoms with Gasteiger partial charge in [-0.3, -0.25) is 0 Å². The number of halogens is 3. The summed E-state index contributed by atoms with van der Waals surface area (Å²) >= 11 is 5.21. The molecule has 1 aromatic carbocycles. The molecule has 0 spiro atoms. The third kappa shape index (κ3) is 2.00. The summed E-state index contributed by atoms with van der Waals surface area (Å²) in [5, 5.41) is 25.7. The van der Waals surface area contributed by atoms with E-state index < -0.39 is 40.0 Å². The summed E-state index contributed by atoms with van der Waals surface area (Å²) in [4.78, 5) is 10.3. The van der Waals surface area contributed by atoms with Crippen LogP contribution in [-0.2, 0) is 4.79 Å². The number of benzene rings is 1. The number of aromatic hydroxyl groups is 1. The number of phenolic OH excluding ortho intramolecular Hbond substituents is 1. The first kappa shape index (κ1) is 11.7. The number of carboxylic acid groups (broad SMARTS) is 1. The van der Waals surface area contributed by atoms with E-state index in [0.717, 1.165) is 0 Å². The van der Waals surface area contributed by atoms with E-state index in [-0.39, 0.29) is 0 Å². The highest BCUT2D eigenvalue weighted by Crippen LogP contribution is 2.34. The van der Waals surface area contributed by atoms with Crippen molar-refractivity contribution < 1.29 is 28.9 Å². The molecule has 1 unspecified atom stereocenters. The van der Waals surface area contributed by atoms with Gasteiger partial charge in [-0.15, -0.1) is 0 Å². The van der Waals surface area contributed by atoms with E-state index in [0.29, 0.717) is 6.07 Å². The Balaban J connectivity index is 3.45. The summed E-state index contributed by atoms with van der Waals surface area (Å²) in [6, 6.07) is 0.476. The van der Waals surface area contributed by atoms with Gasteiger partial charge in [0.2, 0.25) is 0 Å². The molecule has 0 fully saturated rings. The van der Waals surface area contributed by atoms with Crippen LogP contribution in [0.4, 0.5) is 8.78 Å². The fourth-order valence-corrected chi connectivity index (χ4v) is 1.17. The maximum atomic E-state index is 13.2. The van der Waals surface area contributed by atoms with Crippen LogP contribution in [0.1, 0.15) is 11.7 Å². The van der Waals surface area contributed by atoms with E-state index in [9.17, 15) is 13.6 Å². The summed E-state index contributed by atoms with van der Waals surface area (Å²) in [5.74, 6) is -5.78. The Hall–Kier alpha value is -1.40. The van der Waals surface area contributed by atoms with Crippen molar-refractivity contribution in [3.8, 4) is 5.75 Å². The van der Waals surface area contributed by atoms with Crippen molar-refractivity contribution >= 4 is 17.6 Å². The van der Waals surface area contributed by atoms with Crippen LogP contribution in [0, 0.1) is 11.6 Å². The smallest absolute Gasteiger partial charge is 0.337 e. The summed E-state index contributed by atoms with van der Waals surface area (Å²) in [6.07, 6.45) is -2.38. The maximum Gasteiger partial charge on any atom is 0.337 e. The molecule has 0 heterocycles. The molecule has 7 heteroatoms. The van der Waals surface area contributed by atoms with Crippen LogP contribution in [0.2, 0.25) is 5.02 Å². The molecule has 0 aliphatic carbocycles. The first-order valence-corrected chi connectivity index (χ1v) is 4.01. The molecule has 0 bridgehead atoms. The van der Waals surface area contributed by atoms with E-state index in [1.54, 1.807) is 0 Å². The van der Waals surface area contributed by atoms with E-state index >= 15 is 0 Å². The largest absolute Gasteiger partial charge is 0.504 e. The number of phenols is 1. The zero-order valence-corrected chi connectivity index (χ0v) is 7.79. The SMILES string of the molecule is O=C(O)C(O)c1c(O)c(F)cc(Cl)c1F. The summed E-state index contributed by atoms with van der Waals surface area (Å²) in [6.45, 7) is 0. The van der Waals surface area contributed by atoms with Crippen LogP contribution in [0.15, 0.2) is 6.07 Å². The second-order valence-corrected chi connectivity index (χ2v) is 3.06. The maximum absolute atomic E-state index is 13.2. The summed E-state index contributed by atoms with van der Waals surface area (Å²) in [5.41, 5.74) is -1.09. The number of aliphatic hydroxyl groups excluding tert-OH is 1. The van der Waals surface area contributed by atoms with Crippen molar-refractivity contribution in [2.24, 2.45) is 0 Å². The van der Waals surface area contributed by atoms with Crippen LogP contribution in [0.3, 0.4) is 0 Å². The number of hydrogen-bond acceptors (Lipinski definition) is 3. The van der Waals surface area contributed by atoms with Gasteiger partial charge in [-0.2, -0.15) is 0 Å². The van der Waals surface area contributed by atoms with Gasteiger partial charge in [-0.1, -0.05) is 11.6 Å². The third-order valence-corrected chi connectivity index (χ3v) is 1.96. The molecule has 0 aliphatic rings. The van der Waals surface area contributed by atoms with Crippen molar-refractivity contribution in [2.45, 2.75) is 6.10 Å². The molecule has 0 radical (unpaired) electrons. The minimum Gasteiger partial charge on any atom is -0.504 e. The number of aliphatic carboxylic acids is 1. The Labute approximate surface area is 87.3 Å². The molecule has 1 aromatic rings. The van der Waals surface area contributed by atoms with Crippen LogP contribution < -0.4 is 0 Å². The number of hydrogen-bond donors (Lipinski definition) is 3. The lowest BCUT2D eigenvalue weighted by Crippen LogP contribution is -2.13. The Bertz CT molecular complexity index is 395. The molecule has 3 N–H and O–H groups in total. The van der Waals surface area contributed by atoms with Crippen LogP contribution in [0.25, 0.3) is 0 Å². The van der Waals surface area contributed by atoms with Gasteiger partial charge in [0.1, 0.15) is 0 Å². The van der Waals surface area contributed by atoms with Crippen molar-refractivity contribution in [3.63, 3.8) is 0 Å². The summed E-state index contributed by atoms with van der Waals surface area (Å²) < 4.78 is 26.0. The van der Waals surface area contributed by atoms with Crippen LogP contribution in [0.5, 0.6) is 5.75 Å². The zero-order chi connectivity index (χ0) is 11.7. The third-order valence-electron chi connectivity index (χ3n) is 1.69. The topological polar surface area (TPSA) is 77.8 Å². The van der Waals surface area contributed by atoms with Crippen molar-refractivity contribution in [1.82, 2.24) is 0 Å². The average molecular weight is 239 g/mol. The molecule has 0 aliphatic heterocycles. The van der Waals surface area contributed by atoms with Gasteiger partial charge in [0.25, 0.3) is 0 Å². The normalized spacial score (nSPS) is 12.5. The van der Waals surface area contributed by atoms with Crippen molar-refractivity contribution in [1.29, 1.82) is 0 Å². The lowest BCUT2D eigenvalue weighted by molar-refractivity contribution is -0.147. The van der Waals surface area contributed by atoms with E-state index in [1.807, 2.05) is 0 Å². The molecule has 0 saturated carbocycles. The summed E-state index contributed by atoms with van der Waals surface area (Å²) in [7, 11) is 0. The van der Waals surface area contributed by atoms with E-state index in [2.05, 4.69) is 0 Å². The average Bonchev–Trinajstić information content (AvgIpc) is 2.15. The fourth-order valence-electron chi connectivity index (χ4n) is 0.977. The van der Waals surface area contributed by atoms with E-state index in [4.69, 9.17) is 26.9 Å². The molecule has 82 valence electrons. The Kier molecular flexibility index (Phi) is 3.11. The van der Waals surface area contributed by atoms with Gasteiger partial charge in [0, 0.05) is 0 Å². The molecule has 1 rings (SSSR count). The number of carboxylic acids is 1. The Morgan fingerprint density at radius 3 is 2.47 bits per heavy atom. The predicted molar refractivity (Wildman–Crippen MR) is 45.6 cm³/mol. The lowest BCUT2D eigenvalue weighted by Gasteiger charge is -2.10. The van der Waals surface area contributed by atoms with Gasteiger partial charge in [0.15, 0.2) is 23.5 Å². The molecule has 0 aromatic heterocycles. The standard InChI is InChI=1S/C8H5ClF2O4/c9-2-1-3(10)6(12)4(5(2)11)7(13)8(14)15/h1,7,12-13H,(H,14,15). The van der Waals surface area contributed by atoms with Crippen molar-refractivity contribution in [2.75, 3.05) is 0 Å². The highest BCUT2D eigenvalue weighted by molar-refractivity contribution is 6.30. The monoisotopic (exact) mass is 238 g/mol. The molecular formula is C8H5ClF2O4. The molecular weight excluding hydrogens is 234 g/mol. The highest BCUT2D eigenvalue weighted by atomic mass is 35.5. The quantitative estimate of drug-likeness (QED) is 0.682. The molecule has 1 atom stereocenters. The van der Waals surface area contributed by atoms with Gasteiger partial charge in [0.05, 0.1) is 10.6 Å². The minimum atomic E-state index is -2.38. The Morgan fingerprint density at radius 2 is 2.00 bits per heavy atom. The predicted octanol–water partition coefficient (Wildman–Crippen LogP) is 1.44. The molecule has 0 amide bonds.